The predicted octanol–water partition coefficient (Wildman–Crippen LogP) is 3.41. The molecule has 1 aromatic carbocycles. The lowest BCUT2D eigenvalue weighted by Gasteiger charge is -2.34. The van der Waals surface area contributed by atoms with Crippen molar-refractivity contribution in [3.05, 3.63) is 40.9 Å². The SMILES string of the molecule is C[C@@H]1C[C@H](C)CN(Cc2csc(NC(=O)c3cccc(N4CCCS4(=O)=O)c3)n2)C1. The van der Waals surface area contributed by atoms with Gasteiger partial charge in [-0.05, 0) is 42.9 Å². The summed E-state index contributed by atoms with van der Waals surface area (Å²) in [5.74, 6) is 1.26. The van der Waals surface area contributed by atoms with Crippen LogP contribution in [-0.2, 0) is 16.6 Å². The fourth-order valence-corrected chi connectivity index (χ4v) is 6.74. The lowest BCUT2D eigenvalue weighted by molar-refractivity contribution is 0.102. The molecule has 0 spiro atoms. The summed E-state index contributed by atoms with van der Waals surface area (Å²) < 4.78 is 25.7. The van der Waals surface area contributed by atoms with Crippen LogP contribution in [0.5, 0.6) is 0 Å². The lowest BCUT2D eigenvalue weighted by Crippen LogP contribution is -2.38. The van der Waals surface area contributed by atoms with Crippen LogP contribution >= 0.6 is 11.3 Å². The highest BCUT2D eigenvalue weighted by molar-refractivity contribution is 7.93. The first-order chi connectivity index (χ1) is 14.3. The van der Waals surface area contributed by atoms with E-state index in [4.69, 9.17) is 0 Å². The summed E-state index contributed by atoms with van der Waals surface area (Å²) >= 11 is 1.42. The number of aromatic nitrogens is 1. The number of amides is 1. The first-order valence-electron chi connectivity index (χ1n) is 10.4. The summed E-state index contributed by atoms with van der Waals surface area (Å²) in [7, 11) is -3.27. The number of carbonyl (C=O) groups excluding carboxylic acids is 1. The number of rotatable bonds is 5. The molecule has 2 aromatic rings. The second-order valence-corrected chi connectivity index (χ2v) is 11.4. The van der Waals surface area contributed by atoms with E-state index in [0.717, 1.165) is 25.3 Å². The number of thiazole rings is 1. The number of piperidine rings is 1. The number of carbonyl (C=O) groups is 1. The number of nitrogens with one attached hydrogen (secondary N) is 1. The minimum absolute atomic E-state index is 0.153. The van der Waals surface area contributed by atoms with Crippen molar-refractivity contribution < 1.29 is 13.2 Å². The van der Waals surface area contributed by atoms with E-state index in [2.05, 4.69) is 29.0 Å². The molecular formula is C21H28N4O3S2. The van der Waals surface area contributed by atoms with Gasteiger partial charge in [0.25, 0.3) is 5.91 Å². The maximum atomic E-state index is 12.7. The molecule has 0 saturated carbocycles. The molecule has 2 saturated heterocycles. The average molecular weight is 449 g/mol. The fraction of sp³-hybridized carbons (Fsp3) is 0.524. The number of likely N-dealkylation sites (tertiary alicyclic amines) is 1. The minimum atomic E-state index is -3.27. The highest BCUT2D eigenvalue weighted by atomic mass is 32.2. The average Bonchev–Trinajstić information content (AvgIpc) is 3.26. The molecule has 0 aliphatic carbocycles. The van der Waals surface area contributed by atoms with Gasteiger partial charge in [-0.15, -0.1) is 11.3 Å². The number of anilines is 2. The van der Waals surface area contributed by atoms with Crippen LogP contribution in [0, 0.1) is 11.8 Å². The largest absolute Gasteiger partial charge is 0.298 e. The second kappa shape index (κ2) is 8.64. The zero-order valence-electron chi connectivity index (χ0n) is 17.4. The molecule has 2 aliphatic rings. The monoisotopic (exact) mass is 448 g/mol. The topological polar surface area (TPSA) is 82.6 Å². The zero-order chi connectivity index (χ0) is 21.3. The van der Waals surface area contributed by atoms with Crippen molar-refractivity contribution in [2.24, 2.45) is 11.8 Å². The van der Waals surface area contributed by atoms with Gasteiger partial charge < -0.3 is 0 Å². The lowest BCUT2D eigenvalue weighted by atomic mass is 9.92. The van der Waals surface area contributed by atoms with Crippen LogP contribution in [-0.4, -0.2) is 49.6 Å². The van der Waals surface area contributed by atoms with E-state index in [1.54, 1.807) is 24.3 Å². The van der Waals surface area contributed by atoms with Gasteiger partial charge in [-0.2, -0.15) is 0 Å². The summed E-state index contributed by atoms with van der Waals surface area (Å²) in [5, 5.41) is 5.41. The maximum absolute atomic E-state index is 12.7. The third-order valence-corrected chi connectivity index (χ3v) is 8.27. The molecule has 4 rings (SSSR count). The van der Waals surface area contributed by atoms with Crippen LogP contribution in [0.3, 0.4) is 0 Å². The molecule has 0 unspecified atom stereocenters. The Kier molecular flexibility index (Phi) is 6.13. The van der Waals surface area contributed by atoms with E-state index in [-0.39, 0.29) is 11.7 Å². The first kappa shape index (κ1) is 21.3. The molecule has 2 aliphatic heterocycles. The van der Waals surface area contributed by atoms with Crippen LogP contribution in [0.1, 0.15) is 42.7 Å². The molecule has 1 N–H and O–H groups in total. The van der Waals surface area contributed by atoms with Crippen LogP contribution in [0.4, 0.5) is 10.8 Å². The zero-order valence-corrected chi connectivity index (χ0v) is 19.0. The molecular weight excluding hydrogens is 420 g/mol. The van der Waals surface area contributed by atoms with E-state index in [1.807, 2.05) is 5.38 Å². The molecule has 3 heterocycles. The van der Waals surface area contributed by atoms with Crippen LogP contribution in [0.25, 0.3) is 0 Å². The molecule has 30 heavy (non-hydrogen) atoms. The first-order valence-corrected chi connectivity index (χ1v) is 12.9. The predicted molar refractivity (Wildman–Crippen MR) is 120 cm³/mol. The molecule has 0 bridgehead atoms. The van der Waals surface area contributed by atoms with Crippen LogP contribution in [0.15, 0.2) is 29.6 Å². The number of nitrogens with zero attached hydrogens (tertiary/aromatic N) is 3. The standard InChI is InChI=1S/C21H28N4O3S2/c1-15-9-16(2)12-24(11-15)13-18-14-29-21(22-18)23-20(26)17-5-3-6-19(10-17)25-7-4-8-30(25,27)28/h3,5-6,10,14-16H,4,7-9,11-13H2,1-2H3,(H,22,23,26)/t15-,16+. The highest BCUT2D eigenvalue weighted by Crippen LogP contribution is 2.26. The van der Waals surface area contributed by atoms with E-state index in [9.17, 15) is 13.2 Å². The number of hydrogen-bond acceptors (Lipinski definition) is 6. The Bertz CT molecular complexity index is 1010. The Labute approximate surface area is 182 Å². The van der Waals surface area contributed by atoms with Gasteiger partial charge in [0, 0.05) is 37.1 Å². The molecule has 9 heteroatoms. The summed E-state index contributed by atoms with van der Waals surface area (Å²) in [4.78, 5) is 19.7. The van der Waals surface area contributed by atoms with Gasteiger partial charge in [-0.25, -0.2) is 13.4 Å². The van der Waals surface area contributed by atoms with Gasteiger partial charge in [-0.3, -0.25) is 19.3 Å². The van der Waals surface area contributed by atoms with Crippen molar-refractivity contribution in [2.75, 3.05) is 35.0 Å². The third-order valence-electron chi connectivity index (χ3n) is 5.60. The van der Waals surface area contributed by atoms with Gasteiger partial charge in [-0.1, -0.05) is 19.9 Å². The third kappa shape index (κ3) is 4.84. The summed E-state index contributed by atoms with van der Waals surface area (Å²) in [6.45, 7) is 7.99. The Balaban J connectivity index is 1.41. The summed E-state index contributed by atoms with van der Waals surface area (Å²) in [5.41, 5.74) is 1.92. The van der Waals surface area contributed by atoms with Gasteiger partial charge in [0.05, 0.1) is 17.1 Å². The fourth-order valence-electron chi connectivity index (χ4n) is 4.49. The minimum Gasteiger partial charge on any atom is -0.298 e. The molecule has 1 amide bonds. The molecule has 1 aromatic heterocycles. The molecule has 0 radical (unpaired) electrons. The molecule has 162 valence electrons. The molecule has 2 atom stereocenters. The number of benzene rings is 1. The van der Waals surface area contributed by atoms with Crippen molar-refractivity contribution >= 4 is 38.1 Å². The van der Waals surface area contributed by atoms with Crippen molar-refractivity contribution in [1.82, 2.24) is 9.88 Å². The van der Waals surface area contributed by atoms with Crippen molar-refractivity contribution in [3.8, 4) is 0 Å². The van der Waals surface area contributed by atoms with Crippen LogP contribution < -0.4 is 9.62 Å². The maximum Gasteiger partial charge on any atom is 0.257 e. The van der Waals surface area contributed by atoms with E-state index in [1.165, 1.54) is 22.1 Å². The number of sulfonamides is 1. The molecule has 2 fully saturated rings. The Hall–Kier alpha value is -1.97. The van der Waals surface area contributed by atoms with Crippen molar-refractivity contribution in [2.45, 2.75) is 33.2 Å². The highest BCUT2D eigenvalue weighted by Gasteiger charge is 2.29. The van der Waals surface area contributed by atoms with Gasteiger partial charge in [0.15, 0.2) is 5.13 Å². The van der Waals surface area contributed by atoms with Crippen molar-refractivity contribution in [3.63, 3.8) is 0 Å². The van der Waals surface area contributed by atoms with E-state index >= 15 is 0 Å². The normalized spacial score (nSPS) is 24.1. The smallest absolute Gasteiger partial charge is 0.257 e. The van der Waals surface area contributed by atoms with Gasteiger partial charge in [0.1, 0.15) is 0 Å². The van der Waals surface area contributed by atoms with Gasteiger partial charge >= 0.3 is 0 Å². The van der Waals surface area contributed by atoms with Crippen molar-refractivity contribution in [1.29, 1.82) is 0 Å². The quantitative estimate of drug-likeness (QED) is 0.758. The van der Waals surface area contributed by atoms with Gasteiger partial charge in [0.2, 0.25) is 10.0 Å². The molecule has 7 nitrogen and oxygen atoms in total. The Morgan fingerprint density at radius 3 is 2.73 bits per heavy atom. The Morgan fingerprint density at radius 1 is 1.27 bits per heavy atom. The number of hydrogen-bond donors (Lipinski definition) is 1. The van der Waals surface area contributed by atoms with E-state index in [0.29, 0.717) is 41.2 Å². The Morgan fingerprint density at radius 2 is 2.03 bits per heavy atom. The summed E-state index contributed by atoms with van der Waals surface area (Å²) in [6.07, 6.45) is 1.88. The van der Waals surface area contributed by atoms with E-state index < -0.39 is 10.0 Å². The summed E-state index contributed by atoms with van der Waals surface area (Å²) in [6, 6.07) is 6.75. The second-order valence-electron chi connectivity index (χ2n) is 8.53. The van der Waals surface area contributed by atoms with Crippen LogP contribution in [0.2, 0.25) is 0 Å².